The molecule has 3 N–H and O–H groups in total. The van der Waals surface area contributed by atoms with Gasteiger partial charge in [-0.2, -0.15) is 4.98 Å². The Kier molecular flexibility index (Phi) is 6.63. The molecule has 2 aromatic heterocycles. The zero-order valence-corrected chi connectivity index (χ0v) is 19.8. The minimum absolute atomic E-state index is 0.350. The Morgan fingerprint density at radius 2 is 1.89 bits per heavy atom. The van der Waals surface area contributed by atoms with Crippen LogP contribution in [-0.2, 0) is 24.1 Å². The Balaban J connectivity index is 1.63. The van der Waals surface area contributed by atoms with Gasteiger partial charge < -0.3 is 20.5 Å². The number of nitrogens with one attached hydrogen (secondary N) is 1. The van der Waals surface area contributed by atoms with Crippen molar-refractivity contribution in [3.8, 4) is 11.8 Å². The minimum atomic E-state index is -0.493. The molecule has 1 aliphatic rings. The number of methoxy groups -OCH3 is 1. The van der Waals surface area contributed by atoms with Gasteiger partial charge in [0.25, 0.3) is 0 Å². The molecule has 0 fully saturated rings. The molecule has 0 spiro atoms. The first-order valence-electron chi connectivity index (χ1n) is 11.9. The summed E-state index contributed by atoms with van der Waals surface area (Å²) in [6, 6.07) is 17.5. The van der Waals surface area contributed by atoms with Crippen LogP contribution in [0.1, 0.15) is 40.0 Å². The van der Waals surface area contributed by atoms with Gasteiger partial charge in [-0.15, -0.1) is 0 Å². The molecule has 0 radical (unpaired) electrons. The molecule has 0 unspecified atom stereocenters. The smallest absolute Gasteiger partial charge is 0.249 e. The van der Waals surface area contributed by atoms with E-state index in [4.69, 9.17) is 25.2 Å². The van der Waals surface area contributed by atoms with Crippen molar-refractivity contribution in [3.05, 3.63) is 77.0 Å². The quantitative estimate of drug-likeness (QED) is 0.357. The van der Waals surface area contributed by atoms with Gasteiger partial charge in [-0.1, -0.05) is 36.4 Å². The molecule has 5 rings (SSSR count). The van der Waals surface area contributed by atoms with E-state index in [0.29, 0.717) is 42.5 Å². The van der Waals surface area contributed by atoms with Crippen LogP contribution in [0.2, 0.25) is 0 Å². The zero-order valence-electron chi connectivity index (χ0n) is 19.8. The number of aryl methyl sites for hydroxylation is 1. The van der Waals surface area contributed by atoms with Crippen molar-refractivity contribution >= 4 is 22.6 Å². The topological polar surface area (TPSA) is 104 Å². The van der Waals surface area contributed by atoms with E-state index in [1.165, 1.54) is 11.1 Å². The Morgan fingerprint density at radius 1 is 1.06 bits per heavy atom. The number of carbonyl (C=O) groups is 1. The molecule has 0 bridgehead atoms. The Morgan fingerprint density at radius 3 is 2.69 bits per heavy atom. The first-order chi connectivity index (χ1) is 17.2. The standard InChI is InChI=1S/C27H29N5O3/c1-34-14-15-35-24-16-21-19(25(28)33)11-7-13-23(21)32(24)27-30-22-12-6-5-10-20(22)26(31-27)29-17-18-8-3-2-4-9-18/h2-4,7-9,11,13,16H,5-6,10,12,14-15,17H2,1H3,(H2,28,33)(H,29,30,31). The summed E-state index contributed by atoms with van der Waals surface area (Å²) < 4.78 is 13.1. The van der Waals surface area contributed by atoms with Crippen LogP contribution in [0.3, 0.4) is 0 Å². The molecule has 8 nitrogen and oxygen atoms in total. The second kappa shape index (κ2) is 10.1. The number of anilines is 1. The number of benzene rings is 2. The second-order valence-corrected chi connectivity index (χ2v) is 8.61. The van der Waals surface area contributed by atoms with Crippen LogP contribution in [0.4, 0.5) is 5.82 Å². The Hall–Kier alpha value is -3.91. The van der Waals surface area contributed by atoms with Gasteiger partial charge in [-0.05, 0) is 43.4 Å². The molecule has 4 aromatic rings. The summed E-state index contributed by atoms with van der Waals surface area (Å²) in [7, 11) is 1.63. The molecule has 1 amide bonds. The Bertz CT molecular complexity index is 1350. The maximum atomic E-state index is 12.1. The fraction of sp³-hybridized carbons (Fsp3) is 0.296. The van der Waals surface area contributed by atoms with Crippen molar-refractivity contribution in [1.82, 2.24) is 14.5 Å². The summed E-state index contributed by atoms with van der Waals surface area (Å²) in [5.41, 5.74) is 10.3. The zero-order chi connectivity index (χ0) is 24.2. The molecule has 0 aliphatic heterocycles. The fourth-order valence-corrected chi connectivity index (χ4v) is 4.57. The summed E-state index contributed by atoms with van der Waals surface area (Å²) in [4.78, 5) is 22.0. The van der Waals surface area contributed by atoms with Gasteiger partial charge in [0.05, 0.1) is 17.8 Å². The summed E-state index contributed by atoms with van der Waals surface area (Å²) in [6.07, 6.45) is 4.06. The van der Waals surface area contributed by atoms with Crippen LogP contribution in [-0.4, -0.2) is 40.8 Å². The van der Waals surface area contributed by atoms with E-state index < -0.39 is 5.91 Å². The summed E-state index contributed by atoms with van der Waals surface area (Å²) in [5.74, 6) is 1.39. The SMILES string of the molecule is COCCOc1cc2c(C(N)=O)cccc2n1-c1nc2c(c(NCc3ccccc3)n1)CCCC2. The van der Waals surface area contributed by atoms with Crippen molar-refractivity contribution in [1.29, 1.82) is 0 Å². The molecule has 0 saturated carbocycles. The summed E-state index contributed by atoms with van der Waals surface area (Å²) in [6.45, 7) is 1.45. The highest BCUT2D eigenvalue weighted by molar-refractivity contribution is 6.06. The van der Waals surface area contributed by atoms with Crippen molar-refractivity contribution in [2.45, 2.75) is 32.2 Å². The summed E-state index contributed by atoms with van der Waals surface area (Å²) in [5, 5.41) is 4.24. The third kappa shape index (κ3) is 4.70. The fourth-order valence-electron chi connectivity index (χ4n) is 4.57. The third-order valence-electron chi connectivity index (χ3n) is 6.29. The number of hydrogen-bond donors (Lipinski definition) is 2. The van der Waals surface area contributed by atoms with E-state index in [1.807, 2.05) is 41.0 Å². The van der Waals surface area contributed by atoms with Gasteiger partial charge in [0.1, 0.15) is 12.4 Å². The number of carbonyl (C=O) groups excluding carboxylic acids is 1. The lowest BCUT2D eigenvalue weighted by atomic mass is 9.96. The maximum Gasteiger partial charge on any atom is 0.249 e. The average molecular weight is 472 g/mol. The number of nitrogens with two attached hydrogens (primary N) is 1. The highest BCUT2D eigenvalue weighted by Gasteiger charge is 2.23. The second-order valence-electron chi connectivity index (χ2n) is 8.61. The lowest BCUT2D eigenvalue weighted by Gasteiger charge is -2.21. The first kappa shape index (κ1) is 22.9. The Labute approximate surface area is 204 Å². The average Bonchev–Trinajstić information content (AvgIpc) is 3.26. The minimum Gasteiger partial charge on any atom is -0.476 e. The number of amides is 1. The number of hydrogen-bond acceptors (Lipinski definition) is 6. The highest BCUT2D eigenvalue weighted by Crippen LogP contribution is 2.33. The van der Waals surface area contributed by atoms with Gasteiger partial charge in [0.2, 0.25) is 17.7 Å². The van der Waals surface area contributed by atoms with Crippen LogP contribution in [0.15, 0.2) is 54.6 Å². The number of fused-ring (bicyclic) bond motifs is 2. The van der Waals surface area contributed by atoms with Crippen LogP contribution in [0.5, 0.6) is 5.88 Å². The van der Waals surface area contributed by atoms with Gasteiger partial charge in [-0.3, -0.25) is 4.79 Å². The predicted octanol–water partition coefficient (Wildman–Crippen LogP) is 4.04. The number of primary amides is 1. The van der Waals surface area contributed by atoms with Crippen molar-refractivity contribution in [3.63, 3.8) is 0 Å². The lowest BCUT2D eigenvalue weighted by Crippen LogP contribution is -2.16. The molecule has 1 aliphatic carbocycles. The molecule has 8 heteroatoms. The number of aromatic nitrogens is 3. The van der Waals surface area contributed by atoms with Gasteiger partial charge in [0.15, 0.2) is 0 Å². The molecule has 2 aromatic carbocycles. The first-order valence-corrected chi connectivity index (χ1v) is 11.9. The van der Waals surface area contributed by atoms with Crippen LogP contribution in [0, 0.1) is 0 Å². The third-order valence-corrected chi connectivity index (χ3v) is 6.29. The van der Waals surface area contributed by atoms with E-state index in [0.717, 1.165) is 42.7 Å². The van der Waals surface area contributed by atoms with E-state index in [2.05, 4.69) is 17.4 Å². The summed E-state index contributed by atoms with van der Waals surface area (Å²) >= 11 is 0. The van der Waals surface area contributed by atoms with E-state index in [-0.39, 0.29) is 0 Å². The van der Waals surface area contributed by atoms with E-state index in [1.54, 1.807) is 13.2 Å². The van der Waals surface area contributed by atoms with Crippen LogP contribution in [0.25, 0.3) is 16.9 Å². The van der Waals surface area contributed by atoms with Crippen molar-refractivity contribution in [2.75, 3.05) is 25.6 Å². The maximum absolute atomic E-state index is 12.1. The normalized spacial score (nSPS) is 12.9. The monoisotopic (exact) mass is 471 g/mol. The van der Waals surface area contributed by atoms with E-state index >= 15 is 0 Å². The molecular formula is C27H29N5O3. The van der Waals surface area contributed by atoms with Gasteiger partial charge in [0, 0.05) is 36.2 Å². The molecule has 0 saturated heterocycles. The van der Waals surface area contributed by atoms with Crippen LogP contribution >= 0.6 is 0 Å². The van der Waals surface area contributed by atoms with Crippen molar-refractivity contribution in [2.24, 2.45) is 5.73 Å². The van der Waals surface area contributed by atoms with Gasteiger partial charge >= 0.3 is 0 Å². The molecular weight excluding hydrogens is 442 g/mol. The molecule has 2 heterocycles. The van der Waals surface area contributed by atoms with Crippen molar-refractivity contribution < 1.29 is 14.3 Å². The number of nitrogens with zero attached hydrogens (tertiary/aromatic N) is 3. The predicted molar refractivity (Wildman–Crippen MR) is 135 cm³/mol. The number of rotatable bonds is 9. The molecule has 35 heavy (non-hydrogen) atoms. The number of ether oxygens (including phenoxy) is 2. The van der Waals surface area contributed by atoms with Gasteiger partial charge in [-0.25, -0.2) is 9.55 Å². The lowest BCUT2D eigenvalue weighted by molar-refractivity contribution is 0.100. The van der Waals surface area contributed by atoms with Crippen LogP contribution < -0.4 is 15.8 Å². The molecule has 0 atom stereocenters. The van der Waals surface area contributed by atoms with E-state index in [9.17, 15) is 4.79 Å². The largest absolute Gasteiger partial charge is 0.476 e. The highest BCUT2D eigenvalue weighted by atomic mass is 16.5. The molecule has 180 valence electrons.